The molecule has 1 aromatic carbocycles. The van der Waals surface area contributed by atoms with Crippen molar-refractivity contribution in [2.45, 2.75) is 23.5 Å². The Morgan fingerprint density at radius 1 is 1.37 bits per heavy atom. The van der Waals surface area contributed by atoms with E-state index in [2.05, 4.69) is 4.72 Å². The standard InChI is InChI=1S/C18H22N2O6S/c1-19-27(23,24)15-5-2-4-13(10-15)18(22)20-7-9-25-12-14(20)11-16(21)17-6-3-8-26-17/h2-6,8,10,14,16,19,21H,7,9,11-12H2,1H3/t14-,16-/m0/s1. The van der Waals surface area contributed by atoms with E-state index in [1.54, 1.807) is 23.1 Å². The summed E-state index contributed by atoms with van der Waals surface area (Å²) in [6.07, 6.45) is 0.873. The number of morpholine rings is 1. The molecule has 1 amide bonds. The fourth-order valence-electron chi connectivity index (χ4n) is 3.05. The second kappa shape index (κ2) is 8.22. The molecule has 9 heteroatoms. The molecule has 8 nitrogen and oxygen atoms in total. The Bertz CT molecular complexity index is 881. The Morgan fingerprint density at radius 3 is 2.89 bits per heavy atom. The van der Waals surface area contributed by atoms with Crippen LogP contribution in [-0.4, -0.2) is 57.2 Å². The van der Waals surface area contributed by atoms with Gasteiger partial charge in [-0.2, -0.15) is 0 Å². The summed E-state index contributed by atoms with van der Waals surface area (Å²) in [6, 6.07) is 8.90. The molecular formula is C18H22N2O6S. The molecule has 0 bridgehead atoms. The maximum Gasteiger partial charge on any atom is 0.254 e. The van der Waals surface area contributed by atoms with E-state index in [-0.39, 0.29) is 35.4 Å². The number of hydrogen-bond donors (Lipinski definition) is 2. The summed E-state index contributed by atoms with van der Waals surface area (Å²) in [5, 5.41) is 10.3. The molecule has 0 unspecified atom stereocenters. The summed E-state index contributed by atoms with van der Waals surface area (Å²) >= 11 is 0. The highest BCUT2D eigenvalue weighted by Crippen LogP contribution is 2.24. The van der Waals surface area contributed by atoms with Gasteiger partial charge in [-0.05, 0) is 37.4 Å². The van der Waals surface area contributed by atoms with E-state index in [4.69, 9.17) is 9.15 Å². The van der Waals surface area contributed by atoms with Crippen LogP contribution in [0.3, 0.4) is 0 Å². The Kier molecular flexibility index (Phi) is 5.95. The molecule has 2 aromatic rings. The van der Waals surface area contributed by atoms with Gasteiger partial charge in [0.15, 0.2) is 0 Å². The summed E-state index contributed by atoms with van der Waals surface area (Å²) in [7, 11) is -2.33. The Balaban J connectivity index is 1.80. The lowest BCUT2D eigenvalue weighted by molar-refractivity contribution is -0.0195. The van der Waals surface area contributed by atoms with Gasteiger partial charge in [-0.1, -0.05) is 6.07 Å². The largest absolute Gasteiger partial charge is 0.467 e. The number of carbonyl (C=O) groups is 1. The molecule has 1 fully saturated rings. The van der Waals surface area contributed by atoms with Crippen molar-refractivity contribution >= 4 is 15.9 Å². The molecule has 27 heavy (non-hydrogen) atoms. The van der Waals surface area contributed by atoms with Crippen molar-refractivity contribution in [3.63, 3.8) is 0 Å². The summed E-state index contributed by atoms with van der Waals surface area (Å²) in [4.78, 5) is 14.6. The summed E-state index contributed by atoms with van der Waals surface area (Å²) < 4.78 is 36.9. The third-order valence-corrected chi connectivity index (χ3v) is 5.93. The van der Waals surface area contributed by atoms with Crippen LogP contribution in [0.4, 0.5) is 0 Å². The van der Waals surface area contributed by atoms with Gasteiger partial charge in [0.25, 0.3) is 5.91 Å². The van der Waals surface area contributed by atoms with Gasteiger partial charge in [0.05, 0.1) is 30.4 Å². The van der Waals surface area contributed by atoms with Crippen LogP contribution in [0.2, 0.25) is 0 Å². The normalized spacial score (nSPS) is 19.0. The molecule has 1 aliphatic heterocycles. The summed E-state index contributed by atoms with van der Waals surface area (Å²) in [6.45, 7) is 1.03. The quantitative estimate of drug-likeness (QED) is 0.761. The number of furan rings is 1. The number of nitrogens with one attached hydrogen (secondary N) is 1. The average molecular weight is 394 g/mol. The molecule has 146 valence electrons. The Morgan fingerprint density at radius 2 is 2.19 bits per heavy atom. The number of carbonyl (C=O) groups excluding carboxylic acids is 1. The first-order valence-electron chi connectivity index (χ1n) is 8.56. The number of amides is 1. The van der Waals surface area contributed by atoms with Gasteiger partial charge in [-0.25, -0.2) is 13.1 Å². The molecule has 3 rings (SSSR count). The number of rotatable bonds is 6. The van der Waals surface area contributed by atoms with Crippen molar-refractivity contribution < 1.29 is 27.5 Å². The average Bonchev–Trinajstić information content (AvgIpc) is 3.23. The van der Waals surface area contributed by atoms with E-state index >= 15 is 0 Å². The number of aliphatic hydroxyl groups is 1. The SMILES string of the molecule is CNS(=O)(=O)c1cccc(C(=O)N2CCOC[C@@H]2C[C@H](O)c2ccco2)c1. The molecule has 2 N–H and O–H groups in total. The Hall–Kier alpha value is -2.20. The molecule has 0 aliphatic carbocycles. The van der Waals surface area contributed by atoms with E-state index < -0.39 is 16.1 Å². The molecule has 2 atom stereocenters. The van der Waals surface area contributed by atoms with Crippen molar-refractivity contribution in [1.82, 2.24) is 9.62 Å². The van der Waals surface area contributed by atoms with Crippen molar-refractivity contribution in [2.75, 3.05) is 26.8 Å². The number of nitrogens with zero attached hydrogens (tertiary/aromatic N) is 1. The van der Waals surface area contributed by atoms with E-state index in [9.17, 15) is 18.3 Å². The third-order valence-electron chi connectivity index (χ3n) is 4.52. The zero-order chi connectivity index (χ0) is 19.4. The lowest BCUT2D eigenvalue weighted by Gasteiger charge is -2.36. The van der Waals surface area contributed by atoms with Crippen LogP contribution in [0.5, 0.6) is 0 Å². The molecular weight excluding hydrogens is 372 g/mol. The first kappa shape index (κ1) is 19.6. The van der Waals surface area contributed by atoms with Crippen LogP contribution in [-0.2, 0) is 14.8 Å². The van der Waals surface area contributed by atoms with E-state index in [1.165, 1.54) is 31.5 Å². The topological polar surface area (TPSA) is 109 Å². The predicted octanol–water partition coefficient (Wildman–Crippen LogP) is 1.15. The van der Waals surface area contributed by atoms with Crippen LogP contribution in [0, 0.1) is 0 Å². The second-order valence-corrected chi connectivity index (χ2v) is 8.12. The monoisotopic (exact) mass is 394 g/mol. The van der Waals surface area contributed by atoms with Gasteiger partial charge in [-0.3, -0.25) is 4.79 Å². The van der Waals surface area contributed by atoms with Gasteiger partial charge in [0.2, 0.25) is 10.0 Å². The highest BCUT2D eigenvalue weighted by Gasteiger charge is 2.31. The maximum atomic E-state index is 13.0. The van der Waals surface area contributed by atoms with Crippen molar-refractivity contribution in [1.29, 1.82) is 0 Å². The van der Waals surface area contributed by atoms with Crippen LogP contribution < -0.4 is 4.72 Å². The molecule has 0 saturated carbocycles. The maximum absolute atomic E-state index is 13.0. The summed E-state index contributed by atoms with van der Waals surface area (Å²) in [5.74, 6) is 0.123. The van der Waals surface area contributed by atoms with E-state index in [0.717, 1.165) is 0 Å². The third kappa shape index (κ3) is 4.38. The minimum absolute atomic E-state index is 0.0243. The Labute approximate surface area is 157 Å². The first-order valence-corrected chi connectivity index (χ1v) is 10.0. The number of ether oxygens (including phenoxy) is 1. The number of aliphatic hydroxyl groups excluding tert-OH is 1. The molecule has 2 heterocycles. The predicted molar refractivity (Wildman–Crippen MR) is 96.6 cm³/mol. The lowest BCUT2D eigenvalue weighted by Crippen LogP contribution is -2.49. The minimum atomic E-state index is -3.64. The van der Waals surface area contributed by atoms with Crippen LogP contribution >= 0.6 is 0 Å². The van der Waals surface area contributed by atoms with E-state index in [0.29, 0.717) is 18.9 Å². The molecule has 0 radical (unpaired) electrons. The molecule has 0 spiro atoms. The van der Waals surface area contributed by atoms with Crippen molar-refractivity contribution in [2.24, 2.45) is 0 Å². The van der Waals surface area contributed by atoms with Crippen LogP contribution in [0.1, 0.15) is 28.6 Å². The number of benzene rings is 1. The van der Waals surface area contributed by atoms with Gasteiger partial charge in [0, 0.05) is 18.5 Å². The van der Waals surface area contributed by atoms with Gasteiger partial charge in [-0.15, -0.1) is 0 Å². The lowest BCUT2D eigenvalue weighted by atomic mass is 10.0. The van der Waals surface area contributed by atoms with E-state index in [1.807, 2.05) is 0 Å². The second-order valence-electron chi connectivity index (χ2n) is 6.23. The van der Waals surface area contributed by atoms with Gasteiger partial charge >= 0.3 is 0 Å². The van der Waals surface area contributed by atoms with Gasteiger partial charge < -0.3 is 19.2 Å². The minimum Gasteiger partial charge on any atom is -0.467 e. The van der Waals surface area contributed by atoms with Crippen molar-refractivity contribution in [3.8, 4) is 0 Å². The smallest absolute Gasteiger partial charge is 0.254 e. The zero-order valence-electron chi connectivity index (χ0n) is 14.9. The zero-order valence-corrected chi connectivity index (χ0v) is 15.7. The summed E-state index contributed by atoms with van der Waals surface area (Å²) in [5.41, 5.74) is 0.269. The fraction of sp³-hybridized carbons (Fsp3) is 0.389. The highest BCUT2D eigenvalue weighted by molar-refractivity contribution is 7.89. The van der Waals surface area contributed by atoms with Crippen LogP contribution in [0.15, 0.2) is 52.0 Å². The van der Waals surface area contributed by atoms with Crippen molar-refractivity contribution in [3.05, 3.63) is 54.0 Å². The number of hydrogen-bond acceptors (Lipinski definition) is 6. The fourth-order valence-corrected chi connectivity index (χ4v) is 3.83. The molecule has 1 saturated heterocycles. The van der Waals surface area contributed by atoms with Crippen LogP contribution in [0.25, 0.3) is 0 Å². The molecule has 1 aromatic heterocycles. The number of sulfonamides is 1. The van der Waals surface area contributed by atoms with Gasteiger partial charge in [0.1, 0.15) is 11.9 Å². The first-order chi connectivity index (χ1) is 12.9. The highest BCUT2D eigenvalue weighted by atomic mass is 32.2. The molecule has 1 aliphatic rings.